The molecule has 2 atom stereocenters. The van der Waals surface area contributed by atoms with E-state index in [0.717, 1.165) is 31.2 Å². The molecule has 4 heteroatoms. The molecule has 1 amide bonds. The maximum absolute atomic E-state index is 12.5. The average molecular weight is 289 g/mol. The third-order valence-corrected chi connectivity index (χ3v) is 4.09. The first-order valence-electron chi connectivity index (χ1n) is 7.71. The predicted octanol–water partition coefficient (Wildman–Crippen LogP) is 2.87. The summed E-state index contributed by atoms with van der Waals surface area (Å²) in [5.41, 5.74) is 2.35. The van der Waals surface area contributed by atoms with E-state index in [1.54, 1.807) is 0 Å². The number of aryl methyl sites for hydroxylation is 1. The summed E-state index contributed by atoms with van der Waals surface area (Å²) in [4.78, 5) is 23.4. The molecule has 4 nitrogen and oxygen atoms in total. The summed E-state index contributed by atoms with van der Waals surface area (Å²) in [6.45, 7) is 2.00. The Labute approximate surface area is 125 Å². The summed E-state index contributed by atoms with van der Waals surface area (Å²) in [6, 6.07) is 7.80. The number of fused-ring (bicyclic) bond motifs is 1. The van der Waals surface area contributed by atoms with Crippen LogP contribution >= 0.6 is 0 Å². The minimum atomic E-state index is -0.863. The van der Waals surface area contributed by atoms with Gasteiger partial charge in [0, 0.05) is 6.04 Å². The number of rotatable bonds is 6. The van der Waals surface area contributed by atoms with E-state index < -0.39 is 5.97 Å². The minimum Gasteiger partial charge on any atom is -0.481 e. The predicted molar refractivity (Wildman–Crippen MR) is 81.2 cm³/mol. The van der Waals surface area contributed by atoms with Crippen LogP contribution in [0, 0.1) is 0 Å². The Hall–Kier alpha value is -1.84. The molecule has 0 aromatic heterocycles. The van der Waals surface area contributed by atoms with Gasteiger partial charge in [0.2, 0.25) is 5.91 Å². The molecular weight excluding hydrogens is 266 g/mol. The van der Waals surface area contributed by atoms with E-state index in [-0.39, 0.29) is 24.3 Å². The Balaban J connectivity index is 2.08. The van der Waals surface area contributed by atoms with E-state index in [2.05, 4.69) is 11.4 Å². The Morgan fingerprint density at radius 1 is 1.38 bits per heavy atom. The van der Waals surface area contributed by atoms with Gasteiger partial charge in [-0.1, -0.05) is 37.6 Å². The molecule has 0 fully saturated rings. The van der Waals surface area contributed by atoms with Crippen LogP contribution in [0.2, 0.25) is 0 Å². The lowest BCUT2D eigenvalue weighted by molar-refractivity contribution is -0.137. The first-order valence-corrected chi connectivity index (χ1v) is 7.71. The average Bonchev–Trinajstić information content (AvgIpc) is 2.46. The topological polar surface area (TPSA) is 66.4 Å². The van der Waals surface area contributed by atoms with Gasteiger partial charge in [-0.2, -0.15) is 0 Å². The Kier molecular flexibility index (Phi) is 5.37. The normalized spacial score (nSPS) is 18.6. The van der Waals surface area contributed by atoms with Crippen molar-refractivity contribution in [1.29, 1.82) is 0 Å². The summed E-state index contributed by atoms with van der Waals surface area (Å²) in [5, 5.41) is 11.9. The van der Waals surface area contributed by atoms with Gasteiger partial charge < -0.3 is 10.4 Å². The highest BCUT2D eigenvalue weighted by Gasteiger charge is 2.27. The van der Waals surface area contributed by atoms with Gasteiger partial charge in [-0.25, -0.2) is 0 Å². The van der Waals surface area contributed by atoms with Crippen molar-refractivity contribution in [3.05, 3.63) is 35.4 Å². The second-order valence-corrected chi connectivity index (χ2v) is 5.74. The highest BCUT2D eigenvalue weighted by atomic mass is 16.4. The van der Waals surface area contributed by atoms with Crippen molar-refractivity contribution in [2.75, 3.05) is 0 Å². The second-order valence-electron chi connectivity index (χ2n) is 5.74. The molecule has 2 rings (SSSR count). The number of benzene rings is 1. The highest BCUT2D eigenvalue weighted by molar-refractivity contribution is 5.85. The molecule has 2 unspecified atom stereocenters. The molecule has 0 heterocycles. The van der Waals surface area contributed by atoms with Crippen molar-refractivity contribution < 1.29 is 14.7 Å². The zero-order valence-electron chi connectivity index (χ0n) is 12.5. The lowest BCUT2D eigenvalue weighted by Crippen LogP contribution is -2.40. The summed E-state index contributed by atoms with van der Waals surface area (Å²) in [5.74, 6) is -1.03. The molecule has 0 aliphatic heterocycles. The Morgan fingerprint density at radius 2 is 2.14 bits per heavy atom. The molecule has 2 N–H and O–H groups in total. The lowest BCUT2D eigenvalue weighted by atomic mass is 9.82. The summed E-state index contributed by atoms with van der Waals surface area (Å²) < 4.78 is 0. The van der Waals surface area contributed by atoms with Crippen molar-refractivity contribution in [2.45, 2.75) is 57.4 Å². The molecular formula is C17H23NO3. The van der Waals surface area contributed by atoms with Gasteiger partial charge in [0.1, 0.15) is 0 Å². The standard InChI is InChI=1S/C17H23NO3/c1-2-6-13(11-16(19)20)18-17(21)15-10-5-8-12-7-3-4-9-14(12)15/h3-4,7,9,13,15H,2,5-6,8,10-11H2,1H3,(H,18,21)(H,19,20). The van der Waals surface area contributed by atoms with Crippen LogP contribution < -0.4 is 5.32 Å². The Morgan fingerprint density at radius 3 is 2.86 bits per heavy atom. The SMILES string of the molecule is CCCC(CC(=O)O)NC(=O)C1CCCc2ccccc21. The van der Waals surface area contributed by atoms with Gasteiger partial charge in [-0.05, 0) is 36.8 Å². The molecule has 1 aromatic rings. The summed E-state index contributed by atoms with van der Waals surface area (Å²) in [7, 11) is 0. The fourth-order valence-corrected chi connectivity index (χ4v) is 3.11. The first-order chi connectivity index (χ1) is 10.1. The van der Waals surface area contributed by atoms with Crippen LogP contribution in [0.3, 0.4) is 0 Å². The largest absolute Gasteiger partial charge is 0.481 e. The number of carboxylic acids is 1. The number of amides is 1. The molecule has 0 saturated heterocycles. The molecule has 21 heavy (non-hydrogen) atoms. The lowest BCUT2D eigenvalue weighted by Gasteiger charge is -2.26. The molecule has 0 radical (unpaired) electrons. The van der Waals surface area contributed by atoms with E-state index in [0.29, 0.717) is 6.42 Å². The number of carboxylic acid groups (broad SMARTS) is 1. The number of aliphatic carboxylic acids is 1. The zero-order chi connectivity index (χ0) is 15.2. The number of carbonyl (C=O) groups is 2. The molecule has 1 aromatic carbocycles. The van der Waals surface area contributed by atoms with E-state index in [1.807, 2.05) is 25.1 Å². The monoisotopic (exact) mass is 289 g/mol. The molecule has 1 aliphatic rings. The molecule has 0 bridgehead atoms. The quantitative estimate of drug-likeness (QED) is 0.846. The van der Waals surface area contributed by atoms with Crippen LogP contribution in [0.25, 0.3) is 0 Å². The van der Waals surface area contributed by atoms with Gasteiger partial charge >= 0.3 is 5.97 Å². The van der Waals surface area contributed by atoms with Crippen LogP contribution in [0.15, 0.2) is 24.3 Å². The van der Waals surface area contributed by atoms with Crippen molar-refractivity contribution in [3.8, 4) is 0 Å². The first kappa shape index (κ1) is 15.5. The second kappa shape index (κ2) is 7.25. The van der Waals surface area contributed by atoms with Gasteiger partial charge in [-0.15, -0.1) is 0 Å². The van der Waals surface area contributed by atoms with Gasteiger partial charge in [0.05, 0.1) is 12.3 Å². The smallest absolute Gasteiger partial charge is 0.305 e. The van der Waals surface area contributed by atoms with Crippen molar-refractivity contribution in [1.82, 2.24) is 5.32 Å². The molecule has 0 saturated carbocycles. The third kappa shape index (κ3) is 4.06. The molecule has 1 aliphatic carbocycles. The Bertz CT molecular complexity index is 513. The van der Waals surface area contributed by atoms with E-state index in [1.165, 1.54) is 5.56 Å². The van der Waals surface area contributed by atoms with Crippen molar-refractivity contribution in [3.63, 3.8) is 0 Å². The van der Waals surface area contributed by atoms with E-state index in [4.69, 9.17) is 5.11 Å². The summed E-state index contributed by atoms with van der Waals surface area (Å²) in [6.07, 6.45) is 4.43. The third-order valence-electron chi connectivity index (χ3n) is 4.09. The zero-order valence-corrected chi connectivity index (χ0v) is 12.5. The van der Waals surface area contributed by atoms with Crippen molar-refractivity contribution >= 4 is 11.9 Å². The maximum Gasteiger partial charge on any atom is 0.305 e. The highest BCUT2D eigenvalue weighted by Crippen LogP contribution is 2.31. The molecule has 114 valence electrons. The van der Waals surface area contributed by atoms with E-state index >= 15 is 0 Å². The number of carbonyl (C=O) groups excluding carboxylic acids is 1. The number of nitrogens with one attached hydrogen (secondary N) is 1. The number of hydrogen-bond acceptors (Lipinski definition) is 2. The van der Waals surface area contributed by atoms with Crippen LogP contribution in [0.5, 0.6) is 0 Å². The number of hydrogen-bond donors (Lipinski definition) is 2. The molecule has 0 spiro atoms. The minimum absolute atomic E-state index is 0.00601. The van der Waals surface area contributed by atoms with Crippen LogP contribution in [0.4, 0.5) is 0 Å². The summed E-state index contributed by atoms with van der Waals surface area (Å²) >= 11 is 0. The fraction of sp³-hybridized carbons (Fsp3) is 0.529. The fourth-order valence-electron chi connectivity index (χ4n) is 3.11. The maximum atomic E-state index is 12.5. The van der Waals surface area contributed by atoms with Crippen molar-refractivity contribution in [2.24, 2.45) is 0 Å². The van der Waals surface area contributed by atoms with Crippen LogP contribution in [0.1, 0.15) is 56.1 Å². The van der Waals surface area contributed by atoms with Crippen LogP contribution in [-0.4, -0.2) is 23.0 Å². The van der Waals surface area contributed by atoms with Gasteiger partial charge in [-0.3, -0.25) is 9.59 Å². The van der Waals surface area contributed by atoms with Gasteiger partial charge in [0.25, 0.3) is 0 Å². The van der Waals surface area contributed by atoms with Crippen LogP contribution in [-0.2, 0) is 16.0 Å². The van der Waals surface area contributed by atoms with E-state index in [9.17, 15) is 9.59 Å². The van der Waals surface area contributed by atoms with Gasteiger partial charge in [0.15, 0.2) is 0 Å².